The lowest BCUT2D eigenvalue weighted by Crippen LogP contribution is -2.02. The minimum Gasteiger partial charge on any atom is -0.339 e. The van der Waals surface area contributed by atoms with Crippen LogP contribution in [0.2, 0.25) is 0 Å². The third kappa shape index (κ3) is 3.57. The summed E-state index contributed by atoms with van der Waals surface area (Å²) in [7, 11) is 0. The minimum atomic E-state index is 0.547. The van der Waals surface area contributed by atoms with Crippen LogP contribution in [0.25, 0.3) is 5.78 Å². The van der Waals surface area contributed by atoms with E-state index in [0.717, 1.165) is 17.0 Å². The first-order valence-corrected chi connectivity index (χ1v) is 9.69. The quantitative estimate of drug-likeness (QED) is 0.489. The molecule has 4 rings (SSSR count). The average molecular weight is 380 g/mol. The van der Waals surface area contributed by atoms with E-state index in [0.29, 0.717) is 34.8 Å². The number of fused-ring (bicyclic) bond motifs is 1. The topological polar surface area (TPSA) is 82.0 Å². The van der Waals surface area contributed by atoms with Crippen LogP contribution >= 0.6 is 11.8 Å². The predicted molar refractivity (Wildman–Crippen MR) is 103 cm³/mol. The molecule has 0 unspecified atom stereocenters. The van der Waals surface area contributed by atoms with Crippen molar-refractivity contribution >= 4 is 17.5 Å². The first kappa shape index (κ1) is 17.7. The van der Waals surface area contributed by atoms with E-state index in [1.807, 2.05) is 32.9 Å². The molecule has 8 heteroatoms. The smallest absolute Gasteiger partial charge is 0.253 e. The van der Waals surface area contributed by atoms with Gasteiger partial charge in [-0.1, -0.05) is 41.2 Å². The summed E-state index contributed by atoms with van der Waals surface area (Å²) in [5.41, 5.74) is 5.56. The molecule has 0 atom stereocenters. The van der Waals surface area contributed by atoms with Gasteiger partial charge in [0.15, 0.2) is 5.82 Å². The van der Waals surface area contributed by atoms with Crippen LogP contribution in [0.15, 0.2) is 33.9 Å². The fourth-order valence-corrected chi connectivity index (χ4v) is 3.48. The van der Waals surface area contributed by atoms with Crippen molar-refractivity contribution in [2.45, 2.75) is 45.0 Å². The summed E-state index contributed by atoms with van der Waals surface area (Å²) in [6.07, 6.45) is 0.638. The number of benzene rings is 1. The number of aryl methyl sites for hydroxylation is 3. The van der Waals surface area contributed by atoms with Gasteiger partial charge >= 0.3 is 0 Å². The molecule has 138 valence electrons. The van der Waals surface area contributed by atoms with Crippen molar-refractivity contribution in [3.63, 3.8) is 0 Å². The van der Waals surface area contributed by atoms with Crippen molar-refractivity contribution in [2.24, 2.45) is 0 Å². The van der Waals surface area contributed by atoms with E-state index in [9.17, 15) is 0 Å². The van der Waals surface area contributed by atoms with Crippen LogP contribution in [0.4, 0.5) is 0 Å². The van der Waals surface area contributed by atoms with E-state index in [2.05, 4.69) is 44.3 Å². The Balaban J connectivity index is 1.47. The number of nitrogens with zero attached hydrogens (tertiary/aromatic N) is 6. The Hall–Kier alpha value is -2.74. The molecule has 3 aromatic heterocycles. The Morgan fingerprint density at radius 1 is 1.04 bits per heavy atom. The maximum absolute atomic E-state index is 5.39. The largest absolute Gasteiger partial charge is 0.339 e. The second kappa shape index (κ2) is 7.11. The molecule has 3 heterocycles. The Morgan fingerprint density at radius 2 is 1.85 bits per heavy atom. The monoisotopic (exact) mass is 380 g/mol. The van der Waals surface area contributed by atoms with Crippen LogP contribution in [0.1, 0.15) is 39.8 Å². The van der Waals surface area contributed by atoms with E-state index in [1.54, 1.807) is 4.52 Å². The highest BCUT2D eigenvalue weighted by Gasteiger charge is 2.13. The number of rotatable bonds is 5. The van der Waals surface area contributed by atoms with Crippen molar-refractivity contribution in [1.82, 2.24) is 29.7 Å². The van der Waals surface area contributed by atoms with Gasteiger partial charge in [-0.25, -0.2) is 9.50 Å². The number of aromatic nitrogens is 6. The molecule has 7 nitrogen and oxygen atoms in total. The molecular formula is C19H20N6OS. The van der Waals surface area contributed by atoms with Gasteiger partial charge in [-0.15, -0.1) is 5.10 Å². The Bertz CT molecular complexity index is 1120. The van der Waals surface area contributed by atoms with Gasteiger partial charge in [-0.2, -0.15) is 9.97 Å². The van der Waals surface area contributed by atoms with E-state index >= 15 is 0 Å². The molecule has 1 aromatic carbocycles. The van der Waals surface area contributed by atoms with Crippen molar-refractivity contribution in [3.8, 4) is 0 Å². The molecule has 4 aromatic rings. The van der Waals surface area contributed by atoms with E-state index in [4.69, 9.17) is 4.52 Å². The second-order valence-electron chi connectivity index (χ2n) is 6.51. The Kier molecular flexibility index (Phi) is 4.65. The van der Waals surface area contributed by atoms with Gasteiger partial charge in [-0.3, -0.25) is 0 Å². The minimum absolute atomic E-state index is 0.547. The molecule has 0 saturated heterocycles. The van der Waals surface area contributed by atoms with E-state index < -0.39 is 0 Å². The van der Waals surface area contributed by atoms with Gasteiger partial charge in [-0.05, 0) is 44.4 Å². The summed E-state index contributed by atoms with van der Waals surface area (Å²) in [6, 6.07) is 8.20. The molecule has 0 N–H and O–H groups in total. The number of thioether (sulfide) groups is 1. The summed E-state index contributed by atoms with van der Waals surface area (Å²) >= 11 is 1.47. The lowest BCUT2D eigenvalue weighted by molar-refractivity contribution is 0.381. The van der Waals surface area contributed by atoms with Gasteiger partial charge in [0.1, 0.15) is 0 Å². The van der Waals surface area contributed by atoms with Crippen LogP contribution in [0, 0.1) is 27.7 Å². The van der Waals surface area contributed by atoms with Gasteiger partial charge in [0, 0.05) is 11.4 Å². The van der Waals surface area contributed by atoms with E-state index in [-0.39, 0.29) is 0 Å². The summed E-state index contributed by atoms with van der Waals surface area (Å²) < 4.78 is 7.17. The fraction of sp³-hybridized carbons (Fsp3) is 0.316. The van der Waals surface area contributed by atoms with Gasteiger partial charge in [0.2, 0.25) is 11.0 Å². The third-order valence-electron chi connectivity index (χ3n) is 4.68. The average Bonchev–Trinajstić information content (AvgIpc) is 3.27. The molecule has 0 spiro atoms. The van der Waals surface area contributed by atoms with Crippen molar-refractivity contribution in [1.29, 1.82) is 0 Å². The maximum Gasteiger partial charge on any atom is 0.253 e. The third-order valence-corrected chi connectivity index (χ3v) is 5.52. The van der Waals surface area contributed by atoms with Crippen LogP contribution in [0.3, 0.4) is 0 Å². The molecule has 0 aliphatic carbocycles. The zero-order valence-electron chi connectivity index (χ0n) is 15.7. The number of hydrogen-bond acceptors (Lipinski definition) is 7. The molecule has 0 saturated carbocycles. The first-order chi connectivity index (χ1) is 13.0. The highest BCUT2D eigenvalue weighted by molar-refractivity contribution is 7.98. The van der Waals surface area contributed by atoms with Crippen LogP contribution in [-0.2, 0) is 12.2 Å². The zero-order valence-corrected chi connectivity index (χ0v) is 16.5. The zero-order chi connectivity index (χ0) is 19.0. The maximum atomic E-state index is 5.39. The summed E-state index contributed by atoms with van der Waals surface area (Å²) in [6.45, 7) is 8.13. The van der Waals surface area contributed by atoms with E-state index in [1.165, 1.54) is 22.9 Å². The Labute approximate surface area is 161 Å². The van der Waals surface area contributed by atoms with Crippen LogP contribution < -0.4 is 0 Å². The highest BCUT2D eigenvalue weighted by Crippen LogP contribution is 2.21. The van der Waals surface area contributed by atoms with Gasteiger partial charge < -0.3 is 4.52 Å². The summed E-state index contributed by atoms with van der Waals surface area (Å²) in [5.74, 6) is 2.42. The van der Waals surface area contributed by atoms with Crippen molar-refractivity contribution in [2.75, 3.05) is 0 Å². The lowest BCUT2D eigenvalue weighted by Gasteiger charge is -2.04. The standard InChI is InChI=1S/C19H20N6OS/c1-11-7-5-6-8-15(11)9-17-21-16(24-26-17)10-27-19-22-18-20-13(3)12(2)14(4)25(18)23-19/h5-8H,9-10H2,1-4H3. The molecule has 0 amide bonds. The van der Waals surface area contributed by atoms with Crippen molar-refractivity contribution in [3.05, 3.63) is 64.1 Å². The van der Waals surface area contributed by atoms with Gasteiger partial charge in [0.25, 0.3) is 5.78 Å². The fourth-order valence-electron chi connectivity index (χ4n) is 2.82. The van der Waals surface area contributed by atoms with Gasteiger partial charge in [0.05, 0.1) is 12.2 Å². The molecular weight excluding hydrogens is 360 g/mol. The molecule has 0 aliphatic rings. The molecule has 0 radical (unpaired) electrons. The molecule has 0 fully saturated rings. The molecule has 27 heavy (non-hydrogen) atoms. The lowest BCUT2D eigenvalue weighted by atomic mass is 10.1. The van der Waals surface area contributed by atoms with Crippen molar-refractivity contribution < 1.29 is 4.52 Å². The highest BCUT2D eigenvalue weighted by atomic mass is 32.2. The first-order valence-electron chi connectivity index (χ1n) is 8.70. The summed E-state index contributed by atoms with van der Waals surface area (Å²) in [4.78, 5) is 13.5. The number of hydrogen-bond donors (Lipinski definition) is 0. The van der Waals surface area contributed by atoms with Crippen LogP contribution in [-0.4, -0.2) is 29.7 Å². The normalized spacial score (nSPS) is 11.4. The SMILES string of the molecule is Cc1ccccc1Cc1nc(CSc2nc3nc(C)c(C)c(C)n3n2)no1. The molecule has 0 bridgehead atoms. The Morgan fingerprint density at radius 3 is 2.67 bits per heavy atom. The summed E-state index contributed by atoms with van der Waals surface area (Å²) in [5, 5.41) is 9.26. The predicted octanol–water partition coefficient (Wildman–Crippen LogP) is 3.62. The van der Waals surface area contributed by atoms with Crippen LogP contribution in [0.5, 0.6) is 0 Å². The second-order valence-corrected chi connectivity index (χ2v) is 7.45. The molecule has 0 aliphatic heterocycles.